The van der Waals surface area contributed by atoms with Crippen molar-refractivity contribution in [1.82, 2.24) is 9.80 Å². The molecule has 1 fully saturated rings. The third-order valence-corrected chi connectivity index (χ3v) is 4.67. The Morgan fingerprint density at radius 1 is 1.12 bits per heavy atom. The number of rotatable bonds is 8. The molecule has 24 heavy (non-hydrogen) atoms. The van der Waals surface area contributed by atoms with Crippen LogP contribution >= 0.6 is 0 Å². The van der Waals surface area contributed by atoms with Crippen LogP contribution in [-0.4, -0.2) is 69.1 Å². The van der Waals surface area contributed by atoms with Crippen molar-refractivity contribution >= 4 is 11.6 Å². The number of anilines is 1. The molecule has 2 rings (SSSR count). The Labute approximate surface area is 146 Å². The van der Waals surface area contributed by atoms with Crippen molar-refractivity contribution in [3.05, 3.63) is 24.3 Å². The Morgan fingerprint density at radius 3 is 2.38 bits per heavy atom. The maximum absolute atomic E-state index is 12.4. The van der Waals surface area contributed by atoms with Gasteiger partial charge in [0.2, 0.25) is 5.91 Å². The van der Waals surface area contributed by atoms with E-state index in [0.717, 1.165) is 45.0 Å². The fourth-order valence-corrected chi connectivity index (χ4v) is 2.99. The van der Waals surface area contributed by atoms with E-state index in [1.807, 2.05) is 17.0 Å². The molecule has 0 radical (unpaired) electrons. The van der Waals surface area contributed by atoms with Gasteiger partial charge in [-0.3, -0.25) is 4.79 Å². The molecule has 0 unspecified atom stereocenters. The van der Waals surface area contributed by atoms with Crippen molar-refractivity contribution in [1.29, 1.82) is 0 Å². The largest absolute Gasteiger partial charge is 0.497 e. The molecule has 0 bridgehead atoms. The van der Waals surface area contributed by atoms with Gasteiger partial charge < -0.3 is 19.4 Å². The van der Waals surface area contributed by atoms with Crippen LogP contribution in [0.25, 0.3) is 0 Å². The molecule has 0 aromatic heterocycles. The average Bonchev–Trinajstić information content (AvgIpc) is 2.64. The summed E-state index contributed by atoms with van der Waals surface area (Å²) < 4.78 is 5.20. The zero-order valence-electron chi connectivity index (χ0n) is 15.3. The number of amides is 1. The second-order valence-corrected chi connectivity index (χ2v) is 6.47. The molecule has 5 nitrogen and oxygen atoms in total. The van der Waals surface area contributed by atoms with E-state index < -0.39 is 0 Å². The van der Waals surface area contributed by atoms with Crippen molar-refractivity contribution in [2.45, 2.75) is 26.2 Å². The monoisotopic (exact) mass is 333 g/mol. The molecule has 0 aliphatic carbocycles. The lowest BCUT2D eigenvalue weighted by Gasteiger charge is -2.36. The summed E-state index contributed by atoms with van der Waals surface area (Å²) >= 11 is 0. The molecule has 1 aromatic rings. The summed E-state index contributed by atoms with van der Waals surface area (Å²) in [7, 11) is 3.78. The van der Waals surface area contributed by atoms with E-state index in [9.17, 15) is 4.79 Å². The molecule has 5 heteroatoms. The summed E-state index contributed by atoms with van der Waals surface area (Å²) in [5.41, 5.74) is 1.20. The SMILES string of the molecule is CCCCN(C)CCC(=O)N1CCN(c2ccc(OC)cc2)CC1. The van der Waals surface area contributed by atoms with Crippen LogP contribution < -0.4 is 9.64 Å². The Kier molecular flexibility index (Phi) is 7.37. The van der Waals surface area contributed by atoms with E-state index in [1.165, 1.54) is 18.5 Å². The molecule has 0 N–H and O–H groups in total. The second-order valence-electron chi connectivity index (χ2n) is 6.47. The highest BCUT2D eigenvalue weighted by Gasteiger charge is 2.21. The van der Waals surface area contributed by atoms with Crippen LogP contribution in [0.2, 0.25) is 0 Å². The van der Waals surface area contributed by atoms with Gasteiger partial charge >= 0.3 is 0 Å². The number of piperazine rings is 1. The highest BCUT2D eigenvalue weighted by Crippen LogP contribution is 2.20. The van der Waals surface area contributed by atoms with Crippen LogP contribution in [0.15, 0.2) is 24.3 Å². The van der Waals surface area contributed by atoms with Crippen molar-refractivity contribution in [3.8, 4) is 5.75 Å². The van der Waals surface area contributed by atoms with Crippen LogP contribution in [0.4, 0.5) is 5.69 Å². The third-order valence-electron chi connectivity index (χ3n) is 4.67. The number of benzene rings is 1. The van der Waals surface area contributed by atoms with Crippen molar-refractivity contribution in [2.24, 2.45) is 0 Å². The maximum Gasteiger partial charge on any atom is 0.223 e. The number of hydrogen-bond acceptors (Lipinski definition) is 4. The molecule has 134 valence electrons. The Bertz CT molecular complexity index is 496. The number of hydrogen-bond donors (Lipinski definition) is 0. The average molecular weight is 333 g/mol. The molecule has 1 aliphatic rings. The maximum atomic E-state index is 12.4. The van der Waals surface area contributed by atoms with Gasteiger partial charge in [-0.2, -0.15) is 0 Å². The first-order valence-electron chi connectivity index (χ1n) is 8.99. The highest BCUT2D eigenvalue weighted by atomic mass is 16.5. The molecule has 1 aromatic carbocycles. The fraction of sp³-hybridized carbons (Fsp3) is 0.632. The van der Waals surface area contributed by atoms with Gasteiger partial charge in [0, 0.05) is 44.8 Å². The minimum atomic E-state index is 0.285. The zero-order valence-corrected chi connectivity index (χ0v) is 15.3. The summed E-state index contributed by atoms with van der Waals surface area (Å²) in [6.45, 7) is 7.54. The predicted octanol–water partition coefficient (Wildman–Crippen LogP) is 2.47. The number of ether oxygens (including phenoxy) is 1. The van der Waals surface area contributed by atoms with E-state index in [0.29, 0.717) is 6.42 Å². The van der Waals surface area contributed by atoms with Crippen LogP contribution in [0.5, 0.6) is 5.75 Å². The van der Waals surface area contributed by atoms with Gasteiger partial charge in [0.1, 0.15) is 5.75 Å². The van der Waals surface area contributed by atoms with Gasteiger partial charge in [-0.25, -0.2) is 0 Å². The molecule has 0 spiro atoms. The summed E-state index contributed by atoms with van der Waals surface area (Å²) in [5, 5.41) is 0. The first kappa shape index (κ1) is 18.6. The summed E-state index contributed by atoms with van der Waals surface area (Å²) in [6, 6.07) is 8.13. The van der Waals surface area contributed by atoms with Gasteiger partial charge in [0.15, 0.2) is 0 Å². The number of unbranched alkanes of at least 4 members (excludes halogenated alkanes) is 1. The topological polar surface area (TPSA) is 36.0 Å². The molecular formula is C19H31N3O2. The molecule has 0 saturated carbocycles. The normalized spacial score (nSPS) is 15.0. The van der Waals surface area contributed by atoms with Gasteiger partial charge in [0.25, 0.3) is 0 Å². The van der Waals surface area contributed by atoms with Crippen LogP contribution in [-0.2, 0) is 4.79 Å². The number of carbonyl (C=O) groups is 1. The van der Waals surface area contributed by atoms with Crippen LogP contribution in [0.1, 0.15) is 26.2 Å². The summed E-state index contributed by atoms with van der Waals surface area (Å²) in [6.07, 6.45) is 3.03. The van der Waals surface area contributed by atoms with E-state index >= 15 is 0 Å². The lowest BCUT2D eigenvalue weighted by Crippen LogP contribution is -2.49. The van der Waals surface area contributed by atoms with E-state index in [2.05, 4.69) is 35.9 Å². The Balaban J connectivity index is 1.74. The van der Waals surface area contributed by atoms with Crippen molar-refractivity contribution in [2.75, 3.05) is 58.3 Å². The highest BCUT2D eigenvalue weighted by molar-refractivity contribution is 5.76. The van der Waals surface area contributed by atoms with Crippen molar-refractivity contribution < 1.29 is 9.53 Å². The first-order chi connectivity index (χ1) is 11.6. The fourth-order valence-electron chi connectivity index (χ4n) is 2.99. The van der Waals surface area contributed by atoms with E-state index in [-0.39, 0.29) is 5.91 Å². The zero-order chi connectivity index (χ0) is 17.4. The number of carbonyl (C=O) groups excluding carboxylic acids is 1. The first-order valence-corrected chi connectivity index (χ1v) is 8.99. The van der Waals surface area contributed by atoms with Gasteiger partial charge in [-0.05, 0) is 44.3 Å². The van der Waals surface area contributed by atoms with Crippen LogP contribution in [0, 0.1) is 0 Å². The van der Waals surface area contributed by atoms with Gasteiger partial charge in [0.05, 0.1) is 7.11 Å². The molecule has 1 aliphatic heterocycles. The number of methoxy groups -OCH3 is 1. The smallest absolute Gasteiger partial charge is 0.223 e. The van der Waals surface area contributed by atoms with Crippen molar-refractivity contribution in [3.63, 3.8) is 0 Å². The number of nitrogens with zero attached hydrogens (tertiary/aromatic N) is 3. The standard InChI is InChI=1S/C19H31N3O2/c1-4-5-11-20(2)12-10-19(23)22-15-13-21(14-16-22)17-6-8-18(24-3)9-7-17/h6-9H,4-5,10-16H2,1-3H3. The van der Waals surface area contributed by atoms with Gasteiger partial charge in [-0.15, -0.1) is 0 Å². The van der Waals surface area contributed by atoms with Crippen LogP contribution in [0.3, 0.4) is 0 Å². The summed E-state index contributed by atoms with van der Waals surface area (Å²) in [4.78, 5) is 19.0. The van der Waals surface area contributed by atoms with E-state index in [4.69, 9.17) is 4.74 Å². The minimum Gasteiger partial charge on any atom is -0.497 e. The quantitative estimate of drug-likeness (QED) is 0.732. The predicted molar refractivity (Wildman–Crippen MR) is 98.8 cm³/mol. The minimum absolute atomic E-state index is 0.285. The molecule has 1 saturated heterocycles. The second kappa shape index (κ2) is 9.52. The van der Waals surface area contributed by atoms with Gasteiger partial charge in [-0.1, -0.05) is 13.3 Å². The van der Waals surface area contributed by atoms with E-state index in [1.54, 1.807) is 7.11 Å². The molecular weight excluding hydrogens is 302 g/mol. The summed E-state index contributed by atoms with van der Waals surface area (Å²) in [5.74, 6) is 1.16. The third kappa shape index (κ3) is 5.41. The Hall–Kier alpha value is -1.75. The lowest BCUT2D eigenvalue weighted by atomic mass is 10.2. The Morgan fingerprint density at radius 2 is 1.79 bits per heavy atom. The lowest BCUT2D eigenvalue weighted by molar-refractivity contribution is -0.131. The molecule has 0 atom stereocenters. The molecule has 1 amide bonds. The molecule has 1 heterocycles.